The zero-order chi connectivity index (χ0) is 15.1. The second kappa shape index (κ2) is 7.64. The van der Waals surface area contributed by atoms with Crippen LogP contribution in [0.3, 0.4) is 0 Å². The number of nitrogens with zero attached hydrogens (tertiary/aromatic N) is 1. The number of anilines is 1. The summed E-state index contributed by atoms with van der Waals surface area (Å²) in [6.45, 7) is 3.12. The van der Waals surface area contributed by atoms with Gasteiger partial charge in [0.15, 0.2) is 0 Å². The third kappa shape index (κ3) is 4.75. The lowest BCUT2D eigenvalue weighted by molar-refractivity contribution is -0.137. The Kier molecular flexibility index (Phi) is 5.57. The quantitative estimate of drug-likeness (QED) is 0.668. The summed E-state index contributed by atoms with van der Waals surface area (Å²) in [5.41, 5.74) is 2.27. The molecule has 0 unspecified atom stereocenters. The average molecular weight is 291 g/mol. The highest BCUT2D eigenvalue weighted by atomic mass is 16.4. The van der Waals surface area contributed by atoms with Gasteiger partial charge in [0, 0.05) is 38.3 Å². The highest BCUT2D eigenvalue weighted by Crippen LogP contribution is 2.21. The molecule has 1 aliphatic rings. The number of amides is 1. The number of nitrogens with one attached hydrogen (secondary N) is 2. The monoisotopic (exact) mass is 291 g/mol. The second-order valence-electron chi connectivity index (χ2n) is 5.07. The highest BCUT2D eigenvalue weighted by Gasteiger charge is 2.16. The molecular weight excluding hydrogens is 270 g/mol. The first-order valence-corrected chi connectivity index (χ1v) is 7.19. The maximum absolute atomic E-state index is 12.0. The summed E-state index contributed by atoms with van der Waals surface area (Å²) >= 11 is 0. The minimum absolute atomic E-state index is 0.0721. The van der Waals surface area contributed by atoms with Gasteiger partial charge in [0.1, 0.15) is 0 Å². The fourth-order valence-corrected chi connectivity index (χ4v) is 2.39. The first-order valence-electron chi connectivity index (χ1n) is 7.19. The molecule has 0 aromatic heterocycles. The molecule has 1 aromatic carbocycles. The maximum atomic E-state index is 12.0. The smallest absolute Gasteiger partial charge is 0.303 e. The Labute approximate surface area is 124 Å². The Morgan fingerprint density at radius 1 is 1.33 bits per heavy atom. The van der Waals surface area contributed by atoms with E-state index < -0.39 is 5.97 Å². The van der Waals surface area contributed by atoms with Crippen molar-refractivity contribution in [1.29, 1.82) is 0 Å². The van der Waals surface area contributed by atoms with Crippen molar-refractivity contribution in [1.82, 2.24) is 10.6 Å². The van der Waals surface area contributed by atoms with Crippen molar-refractivity contribution in [3.8, 4) is 0 Å². The average Bonchev–Trinajstić information content (AvgIpc) is 2.66. The van der Waals surface area contributed by atoms with E-state index >= 15 is 0 Å². The van der Waals surface area contributed by atoms with Crippen molar-refractivity contribution < 1.29 is 14.7 Å². The van der Waals surface area contributed by atoms with Crippen molar-refractivity contribution in [2.45, 2.75) is 19.4 Å². The van der Waals surface area contributed by atoms with Gasteiger partial charge in [-0.1, -0.05) is 18.2 Å². The minimum Gasteiger partial charge on any atom is -0.481 e. The fraction of sp³-hybridized carbons (Fsp3) is 0.467. The number of para-hydroxylation sites is 1. The molecule has 1 aliphatic heterocycles. The SMILES string of the molecule is O=C(O)CCCNC(=O)CN1CCNCc2ccccc21. The minimum atomic E-state index is -0.836. The van der Waals surface area contributed by atoms with Crippen LogP contribution in [0.25, 0.3) is 0 Å². The number of carboxylic acid groups (broad SMARTS) is 1. The number of carbonyl (C=O) groups is 2. The van der Waals surface area contributed by atoms with E-state index in [9.17, 15) is 9.59 Å². The Hall–Kier alpha value is -2.08. The molecule has 1 heterocycles. The fourth-order valence-electron chi connectivity index (χ4n) is 2.39. The molecule has 0 bridgehead atoms. The Morgan fingerprint density at radius 2 is 2.14 bits per heavy atom. The third-order valence-electron chi connectivity index (χ3n) is 3.43. The molecule has 2 rings (SSSR count). The van der Waals surface area contributed by atoms with Gasteiger partial charge in [-0.25, -0.2) is 0 Å². The Bertz CT molecular complexity index is 505. The topological polar surface area (TPSA) is 81.7 Å². The van der Waals surface area contributed by atoms with E-state index in [0.29, 0.717) is 19.5 Å². The van der Waals surface area contributed by atoms with Crippen LogP contribution >= 0.6 is 0 Å². The first-order chi connectivity index (χ1) is 10.2. The highest BCUT2D eigenvalue weighted by molar-refractivity contribution is 5.81. The van der Waals surface area contributed by atoms with E-state index in [1.165, 1.54) is 5.56 Å². The van der Waals surface area contributed by atoms with Gasteiger partial charge in [-0.3, -0.25) is 9.59 Å². The Balaban J connectivity index is 1.87. The lowest BCUT2D eigenvalue weighted by Gasteiger charge is -2.23. The van der Waals surface area contributed by atoms with Crippen LogP contribution in [-0.2, 0) is 16.1 Å². The molecule has 6 nitrogen and oxygen atoms in total. The molecule has 0 saturated heterocycles. The van der Waals surface area contributed by atoms with Gasteiger partial charge in [0.25, 0.3) is 0 Å². The van der Waals surface area contributed by atoms with Gasteiger partial charge >= 0.3 is 5.97 Å². The molecule has 0 spiro atoms. The summed E-state index contributed by atoms with van der Waals surface area (Å²) in [6, 6.07) is 8.06. The van der Waals surface area contributed by atoms with E-state index in [1.807, 2.05) is 18.2 Å². The summed E-state index contributed by atoms with van der Waals surface area (Å²) in [5, 5.41) is 14.7. The second-order valence-corrected chi connectivity index (χ2v) is 5.07. The number of carboxylic acids is 1. The van der Waals surface area contributed by atoms with Crippen molar-refractivity contribution in [3.05, 3.63) is 29.8 Å². The normalized spacial score (nSPS) is 14.2. The lowest BCUT2D eigenvalue weighted by atomic mass is 10.1. The standard InChI is InChI=1S/C15H21N3O3/c19-14(17-7-3-6-15(20)21)11-18-9-8-16-10-12-4-1-2-5-13(12)18/h1-2,4-5,16H,3,6-11H2,(H,17,19)(H,20,21). The molecule has 0 saturated carbocycles. The van der Waals surface area contributed by atoms with Crippen LogP contribution in [0.2, 0.25) is 0 Å². The predicted octanol–water partition coefficient (Wildman–Crippen LogP) is 0.577. The lowest BCUT2D eigenvalue weighted by Crippen LogP contribution is -2.39. The molecule has 0 radical (unpaired) electrons. The van der Waals surface area contributed by atoms with Crippen molar-refractivity contribution in [3.63, 3.8) is 0 Å². The number of aliphatic carboxylic acids is 1. The zero-order valence-electron chi connectivity index (χ0n) is 12.0. The first kappa shape index (κ1) is 15.3. The molecule has 1 aromatic rings. The summed E-state index contributed by atoms with van der Waals surface area (Å²) in [4.78, 5) is 24.4. The van der Waals surface area contributed by atoms with Gasteiger partial charge in [0.2, 0.25) is 5.91 Å². The molecular formula is C15H21N3O3. The molecule has 1 amide bonds. The van der Waals surface area contributed by atoms with E-state index in [4.69, 9.17) is 5.11 Å². The number of hydrogen-bond acceptors (Lipinski definition) is 4. The molecule has 3 N–H and O–H groups in total. The third-order valence-corrected chi connectivity index (χ3v) is 3.43. The van der Waals surface area contributed by atoms with Gasteiger partial charge in [-0.15, -0.1) is 0 Å². The van der Waals surface area contributed by atoms with Gasteiger partial charge < -0.3 is 20.6 Å². The van der Waals surface area contributed by atoms with Crippen LogP contribution < -0.4 is 15.5 Å². The largest absolute Gasteiger partial charge is 0.481 e. The van der Waals surface area contributed by atoms with Crippen molar-refractivity contribution in [2.75, 3.05) is 31.1 Å². The number of rotatable bonds is 6. The van der Waals surface area contributed by atoms with Gasteiger partial charge in [-0.2, -0.15) is 0 Å². The molecule has 114 valence electrons. The van der Waals surface area contributed by atoms with E-state index in [0.717, 1.165) is 25.3 Å². The number of carbonyl (C=O) groups excluding carboxylic acids is 1. The summed E-state index contributed by atoms with van der Waals surface area (Å²) in [5.74, 6) is -0.908. The maximum Gasteiger partial charge on any atom is 0.303 e. The van der Waals surface area contributed by atoms with Gasteiger partial charge in [0.05, 0.1) is 6.54 Å². The van der Waals surface area contributed by atoms with Gasteiger partial charge in [-0.05, 0) is 18.1 Å². The van der Waals surface area contributed by atoms with Crippen molar-refractivity contribution in [2.24, 2.45) is 0 Å². The van der Waals surface area contributed by atoms with Crippen LogP contribution in [0.1, 0.15) is 18.4 Å². The van der Waals surface area contributed by atoms with Crippen LogP contribution in [0.15, 0.2) is 24.3 Å². The number of fused-ring (bicyclic) bond motifs is 1. The molecule has 21 heavy (non-hydrogen) atoms. The number of benzene rings is 1. The molecule has 0 fully saturated rings. The summed E-state index contributed by atoms with van der Waals surface area (Å²) < 4.78 is 0. The van der Waals surface area contributed by atoms with Crippen LogP contribution in [0, 0.1) is 0 Å². The van der Waals surface area contributed by atoms with Crippen molar-refractivity contribution >= 4 is 17.6 Å². The summed E-state index contributed by atoms with van der Waals surface area (Å²) in [7, 11) is 0. The predicted molar refractivity (Wildman–Crippen MR) is 80.2 cm³/mol. The summed E-state index contributed by atoms with van der Waals surface area (Å²) in [6.07, 6.45) is 0.538. The van der Waals surface area contributed by atoms with E-state index in [-0.39, 0.29) is 12.3 Å². The van der Waals surface area contributed by atoms with Crippen LogP contribution in [-0.4, -0.2) is 43.2 Å². The molecule has 6 heteroatoms. The molecule has 0 aliphatic carbocycles. The van der Waals surface area contributed by atoms with E-state index in [2.05, 4.69) is 21.6 Å². The number of hydrogen-bond donors (Lipinski definition) is 3. The Morgan fingerprint density at radius 3 is 2.95 bits per heavy atom. The van der Waals surface area contributed by atoms with Crippen LogP contribution in [0.5, 0.6) is 0 Å². The van der Waals surface area contributed by atoms with Crippen LogP contribution in [0.4, 0.5) is 5.69 Å². The van der Waals surface area contributed by atoms with E-state index in [1.54, 1.807) is 0 Å². The molecule has 0 atom stereocenters. The zero-order valence-corrected chi connectivity index (χ0v) is 12.0.